The standard InChI is InChI=1S/C36H34Cl2FN5O/c1-17-24-15-28(34-20-9-10-22(12-20)43(34)36(45)18-7-8-18)44(33-21-14-27(33)41-16-21)35(24)25-13-19(4-3-11-40)29(31(39)32(25)42-17)23-5-2-6-26(37)30(23)38/h2,5-6,13,15,18,20-22,27,33-34,41H,3-4,7-10,12,14,16H2,1H3/t20-,21-,22+,27-,33+,34-/m1/s1. The molecule has 4 aromatic rings. The zero-order chi connectivity index (χ0) is 30.7. The number of nitrogens with zero attached hydrogens (tertiary/aromatic N) is 4. The first kappa shape index (κ1) is 28.1. The van der Waals surface area contributed by atoms with Gasteiger partial charge in [-0.25, -0.2) is 9.37 Å². The van der Waals surface area contributed by atoms with Crippen LogP contribution in [0.4, 0.5) is 4.39 Å². The van der Waals surface area contributed by atoms with Crippen molar-refractivity contribution < 1.29 is 9.18 Å². The fourth-order valence-electron chi connectivity index (χ4n) is 9.30. The number of benzene rings is 2. The molecular formula is C36H34Cl2FN5O. The number of nitrogens with one attached hydrogen (secondary N) is 1. The number of aromatic nitrogens is 2. The molecule has 3 saturated heterocycles. The summed E-state index contributed by atoms with van der Waals surface area (Å²) in [5.74, 6) is 0.983. The Kier molecular flexibility index (Phi) is 6.34. The number of likely N-dealkylation sites (tertiary alicyclic amines) is 1. The van der Waals surface area contributed by atoms with Gasteiger partial charge in [0.25, 0.3) is 0 Å². The summed E-state index contributed by atoms with van der Waals surface area (Å²) in [6.07, 6.45) is 7.02. The van der Waals surface area contributed by atoms with E-state index in [2.05, 4.69) is 26.9 Å². The van der Waals surface area contributed by atoms with Crippen LogP contribution in [-0.2, 0) is 11.2 Å². The SMILES string of the molecule is Cc1nc2c(F)c(-c3cccc(Cl)c3Cl)c(CCC#N)cc2c2c1cc([C@H]1[C@@H]3CC[C@@H](C3)N1C(=O)C1CC1)n2[C@H]1[C@H]2CN[C@@H]1C2. The average molecular weight is 643 g/mol. The quantitative estimate of drug-likeness (QED) is 0.231. The van der Waals surface area contributed by atoms with E-state index >= 15 is 4.39 Å². The molecule has 3 aliphatic carbocycles. The second-order valence-electron chi connectivity index (χ2n) is 14.0. The number of rotatable bonds is 6. The Morgan fingerprint density at radius 2 is 1.98 bits per heavy atom. The molecule has 3 saturated carbocycles. The van der Waals surface area contributed by atoms with Crippen LogP contribution < -0.4 is 5.32 Å². The lowest BCUT2D eigenvalue weighted by atomic mass is 9.79. The Hall–Kier alpha value is -3.18. The van der Waals surface area contributed by atoms with Crippen molar-refractivity contribution in [2.75, 3.05) is 6.54 Å². The maximum absolute atomic E-state index is 17.0. The van der Waals surface area contributed by atoms with Crippen molar-refractivity contribution in [2.45, 2.75) is 82.5 Å². The highest BCUT2D eigenvalue weighted by Crippen LogP contribution is 2.56. The van der Waals surface area contributed by atoms with Crippen molar-refractivity contribution >= 4 is 50.9 Å². The maximum atomic E-state index is 17.0. The minimum Gasteiger partial charge on any atom is -0.337 e. The summed E-state index contributed by atoms with van der Waals surface area (Å²) in [7, 11) is 0. The number of amides is 1. The van der Waals surface area contributed by atoms with Gasteiger partial charge in [-0.1, -0.05) is 35.3 Å². The van der Waals surface area contributed by atoms with Crippen molar-refractivity contribution in [2.24, 2.45) is 17.8 Å². The number of halogens is 3. The number of nitriles is 1. The molecule has 6 nitrogen and oxygen atoms in total. The smallest absolute Gasteiger partial charge is 0.226 e. The van der Waals surface area contributed by atoms with Gasteiger partial charge in [-0.3, -0.25) is 4.79 Å². The highest BCUT2D eigenvalue weighted by atomic mass is 35.5. The van der Waals surface area contributed by atoms with Crippen molar-refractivity contribution in [1.29, 1.82) is 5.26 Å². The highest BCUT2D eigenvalue weighted by Gasteiger charge is 2.55. The predicted molar refractivity (Wildman–Crippen MR) is 174 cm³/mol. The molecule has 3 aliphatic heterocycles. The molecule has 6 fully saturated rings. The fraction of sp³-hybridized carbons (Fsp3) is 0.472. The molecule has 230 valence electrons. The van der Waals surface area contributed by atoms with Gasteiger partial charge < -0.3 is 14.8 Å². The van der Waals surface area contributed by atoms with Gasteiger partial charge in [0.15, 0.2) is 5.82 Å². The molecule has 0 spiro atoms. The van der Waals surface area contributed by atoms with Gasteiger partial charge in [0.1, 0.15) is 5.52 Å². The summed E-state index contributed by atoms with van der Waals surface area (Å²) in [6, 6.07) is 12.7. The van der Waals surface area contributed by atoms with Crippen LogP contribution in [0.5, 0.6) is 0 Å². The number of aryl methyl sites for hydroxylation is 2. The van der Waals surface area contributed by atoms with E-state index in [4.69, 9.17) is 28.2 Å². The molecule has 1 amide bonds. The van der Waals surface area contributed by atoms with Crippen LogP contribution in [0.3, 0.4) is 0 Å². The van der Waals surface area contributed by atoms with Crippen LogP contribution in [0.1, 0.15) is 74.0 Å². The molecule has 4 bridgehead atoms. The zero-order valence-corrected chi connectivity index (χ0v) is 26.6. The molecule has 45 heavy (non-hydrogen) atoms. The van der Waals surface area contributed by atoms with Gasteiger partial charge in [-0.15, -0.1) is 0 Å². The van der Waals surface area contributed by atoms with E-state index in [1.54, 1.807) is 18.2 Å². The van der Waals surface area contributed by atoms with E-state index in [0.29, 0.717) is 63.5 Å². The summed E-state index contributed by atoms with van der Waals surface area (Å²) in [4.78, 5) is 21.0. The van der Waals surface area contributed by atoms with E-state index in [9.17, 15) is 10.1 Å². The third-order valence-corrected chi connectivity index (χ3v) is 12.3. The van der Waals surface area contributed by atoms with Crippen LogP contribution in [-0.4, -0.2) is 39.0 Å². The van der Waals surface area contributed by atoms with E-state index in [-0.39, 0.29) is 29.4 Å². The molecule has 1 N–H and O–H groups in total. The number of piperidine rings is 1. The van der Waals surface area contributed by atoms with Gasteiger partial charge in [-0.05, 0) is 87.5 Å². The van der Waals surface area contributed by atoms with Crippen LogP contribution >= 0.6 is 23.2 Å². The number of carbonyl (C=O) groups excluding carboxylic acids is 1. The number of carbonyl (C=O) groups is 1. The van der Waals surface area contributed by atoms with Crippen LogP contribution in [0.25, 0.3) is 32.9 Å². The average Bonchev–Trinajstić information content (AvgIpc) is 3.46. The maximum Gasteiger partial charge on any atom is 0.226 e. The Labute approximate surface area is 271 Å². The van der Waals surface area contributed by atoms with Crippen LogP contribution in [0, 0.1) is 41.8 Å². The molecule has 5 heterocycles. The van der Waals surface area contributed by atoms with E-state index in [1.165, 1.54) is 5.69 Å². The normalized spacial score (nSPS) is 28.3. The zero-order valence-electron chi connectivity index (χ0n) is 25.1. The lowest BCUT2D eigenvalue weighted by Gasteiger charge is -2.42. The first-order valence-corrected chi connectivity index (χ1v) is 17.1. The predicted octanol–water partition coefficient (Wildman–Crippen LogP) is 8.06. The van der Waals surface area contributed by atoms with Crippen molar-refractivity contribution in [3.63, 3.8) is 0 Å². The Balaban J connectivity index is 1.33. The van der Waals surface area contributed by atoms with Gasteiger partial charge in [-0.2, -0.15) is 5.26 Å². The largest absolute Gasteiger partial charge is 0.337 e. The Morgan fingerprint density at radius 1 is 1.13 bits per heavy atom. The van der Waals surface area contributed by atoms with Gasteiger partial charge in [0.05, 0.1) is 33.7 Å². The fourth-order valence-corrected chi connectivity index (χ4v) is 9.69. The molecule has 10 rings (SSSR count). The summed E-state index contributed by atoms with van der Waals surface area (Å²) >= 11 is 13.1. The molecule has 6 atom stereocenters. The van der Waals surface area contributed by atoms with E-state index < -0.39 is 5.82 Å². The summed E-state index contributed by atoms with van der Waals surface area (Å²) in [5.41, 5.74) is 4.83. The second kappa shape index (κ2) is 10.2. The second-order valence-corrected chi connectivity index (χ2v) is 14.8. The third-order valence-electron chi connectivity index (χ3n) is 11.5. The molecular weight excluding hydrogens is 608 g/mol. The molecule has 0 unspecified atom stereocenters. The van der Waals surface area contributed by atoms with Gasteiger partial charge >= 0.3 is 0 Å². The first-order chi connectivity index (χ1) is 21.9. The molecule has 0 radical (unpaired) electrons. The van der Waals surface area contributed by atoms with Crippen LogP contribution in [0.15, 0.2) is 30.3 Å². The number of pyridine rings is 1. The third kappa shape index (κ3) is 4.01. The number of hydrogen-bond acceptors (Lipinski definition) is 4. The first-order valence-electron chi connectivity index (χ1n) is 16.4. The number of hydrogen-bond donors (Lipinski definition) is 1. The monoisotopic (exact) mass is 641 g/mol. The van der Waals surface area contributed by atoms with E-state index in [1.807, 2.05) is 13.0 Å². The Morgan fingerprint density at radius 3 is 2.71 bits per heavy atom. The van der Waals surface area contributed by atoms with E-state index in [0.717, 1.165) is 67.1 Å². The highest BCUT2D eigenvalue weighted by molar-refractivity contribution is 6.43. The van der Waals surface area contributed by atoms with Gasteiger partial charge in [0.2, 0.25) is 5.91 Å². The molecule has 2 aromatic carbocycles. The van der Waals surface area contributed by atoms with Gasteiger partial charge in [0, 0.05) is 64.3 Å². The minimum atomic E-state index is -0.441. The lowest BCUT2D eigenvalue weighted by molar-refractivity contribution is -0.137. The molecule has 6 aliphatic rings. The molecule has 9 heteroatoms. The molecule has 2 aromatic heterocycles. The Bertz CT molecular complexity index is 1960. The summed E-state index contributed by atoms with van der Waals surface area (Å²) < 4.78 is 19.5. The number of fused-ring (bicyclic) bond motifs is 6. The van der Waals surface area contributed by atoms with Crippen molar-refractivity contribution in [3.8, 4) is 17.2 Å². The summed E-state index contributed by atoms with van der Waals surface area (Å²) in [6.45, 7) is 2.93. The topological polar surface area (TPSA) is 74.0 Å². The summed E-state index contributed by atoms with van der Waals surface area (Å²) in [5, 5.41) is 15.7. The lowest BCUT2D eigenvalue weighted by Crippen LogP contribution is -2.44. The van der Waals surface area contributed by atoms with Crippen LogP contribution in [0.2, 0.25) is 10.0 Å². The van der Waals surface area contributed by atoms with Crippen molar-refractivity contribution in [1.82, 2.24) is 19.8 Å². The minimum absolute atomic E-state index is 0.0335. The van der Waals surface area contributed by atoms with Crippen molar-refractivity contribution in [3.05, 3.63) is 63.1 Å².